The first-order valence-corrected chi connectivity index (χ1v) is 11.0. The van der Waals surface area contributed by atoms with Crippen molar-refractivity contribution >= 4 is 22.4 Å². The summed E-state index contributed by atoms with van der Waals surface area (Å²) in [6, 6.07) is 5.18. The molecule has 0 saturated carbocycles. The zero-order valence-corrected chi connectivity index (χ0v) is 19.1. The van der Waals surface area contributed by atoms with E-state index in [1.165, 1.54) is 0 Å². The van der Waals surface area contributed by atoms with Crippen LogP contribution in [-0.2, 0) is 4.74 Å². The van der Waals surface area contributed by atoms with Crippen LogP contribution in [0.5, 0.6) is 0 Å². The number of nitrogens with zero attached hydrogens (tertiary/aromatic N) is 5. The molecule has 172 valence electrons. The lowest BCUT2D eigenvalue weighted by molar-refractivity contribution is 0.0296. The van der Waals surface area contributed by atoms with Crippen molar-refractivity contribution in [3.05, 3.63) is 52.9 Å². The largest absolute Gasteiger partial charge is 0.375 e. The molecule has 0 radical (unpaired) electrons. The summed E-state index contributed by atoms with van der Waals surface area (Å²) in [5.41, 5.74) is 0.426. The van der Waals surface area contributed by atoms with E-state index in [1.54, 1.807) is 19.2 Å². The van der Waals surface area contributed by atoms with Crippen molar-refractivity contribution < 1.29 is 13.5 Å². The third kappa shape index (κ3) is 4.44. The van der Waals surface area contributed by atoms with Gasteiger partial charge in [-0.1, -0.05) is 6.92 Å². The SMILES string of the molecule is CC[C@@H]1CO[C@H](C)CN1c1cc2c(N[C@H](C)c3cc(F)cc(C#N)c3F)nnc(C)c2cn1. The van der Waals surface area contributed by atoms with Crippen LogP contribution in [0.3, 0.4) is 0 Å². The molecule has 33 heavy (non-hydrogen) atoms. The fraction of sp³-hybridized carbons (Fsp3) is 0.417. The molecule has 1 aliphatic heterocycles. The van der Waals surface area contributed by atoms with Gasteiger partial charge in [0.25, 0.3) is 0 Å². The summed E-state index contributed by atoms with van der Waals surface area (Å²) >= 11 is 0. The number of hydrogen-bond donors (Lipinski definition) is 1. The van der Waals surface area contributed by atoms with Crippen LogP contribution in [0.2, 0.25) is 0 Å². The van der Waals surface area contributed by atoms with Crippen LogP contribution in [0.4, 0.5) is 20.4 Å². The highest BCUT2D eigenvalue weighted by Crippen LogP contribution is 2.31. The minimum atomic E-state index is -0.751. The number of aromatic nitrogens is 3. The van der Waals surface area contributed by atoms with Crippen molar-refractivity contribution in [2.24, 2.45) is 0 Å². The lowest BCUT2D eigenvalue weighted by atomic mass is 10.0. The van der Waals surface area contributed by atoms with Crippen LogP contribution in [0, 0.1) is 29.9 Å². The van der Waals surface area contributed by atoms with Crippen molar-refractivity contribution in [1.82, 2.24) is 15.2 Å². The number of rotatable bonds is 5. The van der Waals surface area contributed by atoms with Gasteiger partial charge in [0.05, 0.1) is 36.1 Å². The molecule has 1 fully saturated rings. The topological polar surface area (TPSA) is 87.0 Å². The average molecular weight is 453 g/mol. The number of hydrogen-bond acceptors (Lipinski definition) is 7. The molecule has 4 rings (SSSR count). The summed E-state index contributed by atoms with van der Waals surface area (Å²) in [4.78, 5) is 6.92. The van der Waals surface area contributed by atoms with E-state index in [1.807, 2.05) is 19.9 Å². The maximum atomic E-state index is 14.7. The third-order valence-corrected chi connectivity index (χ3v) is 6.07. The second-order valence-electron chi connectivity index (χ2n) is 8.41. The van der Waals surface area contributed by atoms with Gasteiger partial charge >= 0.3 is 0 Å². The van der Waals surface area contributed by atoms with Crippen molar-refractivity contribution in [2.45, 2.75) is 52.3 Å². The number of nitrogens with one attached hydrogen (secondary N) is 1. The number of nitriles is 1. The molecule has 1 aromatic carbocycles. The molecule has 3 atom stereocenters. The highest BCUT2D eigenvalue weighted by atomic mass is 19.1. The Balaban J connectivity index is 1.74. The number of morpholine rings is 1. The summed E-state index contributed by atoms with van der Waals surface area (Å²) in [5, 5.41) is 22.4. The van der Waals surface area contributed by atoms with Crippen LogP contribution in [0.25, 0.3) is 10.8 Å². The number of fused-ring (bicyclic) bond motifs is 1. The van der Waals surface area contributed by atoms with Crippen LogP contribution in [0.15, 0.2) is 24.4 Å². The van der Waals surface area contributed by atoms with Gasteiger partial charge in [0.1, 0.15) is 23.5 Å². The molecule has 1 saturated heterocycles. The third-order valence-electron chi connectivity index (χ3n) is 6.07. The van der Waals surface area contributed by atoms with Crippen LogP contribution in [0.1, 0.15) is 50.1 Å². The fourth-order valence-corrected chi connectivity index (χ4v) is 4.18. The maximum absolute atomic E-state index is 14.7. The van der Waals surface area contributed by atoms with E-state index in [4.69, 9.17) is 10.00 Å². The smallest absolute Gasteiger partial charge is 0.157 e. The molecular weight excluding hydrogens is 426 g/mol. The number of anilines is 2. The minimum absolute atomic E-state index is 0.0457. The molecule has 2 aromatic heterocycles. The molecule has 3 aromatic rings. The molecule has 0 unspecified atom stereocenters. The molecular formula is C24H26F2N6O. The van der Waals surface area contributed by atoms with E-state index >= 15 is 0 Å². The molecule has 1 N–H and O–H groups in total. The normalized spacial score (nSPS) is 19.4. The summed E-state index contributed by atoms with van der Waals surface area (Å²) in [6.45, 7) is 9.04. The summed E-state index contributed by atoms with van der Waals surface area (Å²) in [7, 11) is 0. The molecule has 0 amide bonds. The van der Waals surface area contributed by atoms with E-state index < -0.39 is 17.7 Å². The van der Waals surface area contributed by atoms with Crippen LogP contribution in [-0.4, -0.2) is 40.5 Å². The molecule has 0 spiro atoms. The quantitative estimate of drug-likeness (QED) is 0.602. The van der Waals surface area contributed by atoms with Crippen molar-refractivity contribution in [2.75, 3.05) is 23.4 Å². The predicted molar refractivity (Wildman–Crippen MR) is 122 cm³/mol. The summed E-state index contributed by atoms with van der Waals surface area (Å²) < 4.78 is 34.5. The van der Waals surface area contributed by atoms with E-state index in [0.29, 0.717) is 18.1 Å². The van der Waals surface area contributed by atoms with Gasteiger partial charge in [-0.15, -0.1) is 5.10 Å². The lowest BCUT2D eigenvalue weighted by Crippen LogP contribution is -2.49. The monoisotopic (exact) mass is 452 g/mol. The fourth-order valence-electron chi connectivity index (χ4n) is 4.18. The van der Waals surface area contributed by atoms with E-state index in [0.717, 1.165) is 41.7 Å². The van der Waals surface area contributed by atoms with Gasteiger partial charge in [0.2, 0.25) is 0 Å². The Morgan fingerprint density at radius 3 is 2.79 bits per heavy atom. The number of halogens is 2. The van der Waals surface area contributed by atoms with Crippen molar-refractivity contribution in [1.29, 1.82) is 5.26 Å². The van der Waals surface area contributed by atoms with E-state index in [-0.39, 0.29) is 23.3 Å². The minimum Gasteiger partial charge on any atom is -0.375 e. The Morgan fingerprint density at radius 1 is 1.27 bits per heavy atom. The first-order valence-electron chi connectivity index (χ1n) is 11.0. The van der Waals surface area contributed by atoms with Crippen molar-refractivity contribution in [3.63, 3.8) is 0 Å². The van der Waals surface area contributed by atoms with Crippen LogP contribution < -0.4 is 10.2 Å². The van der Waals surface area contributed by atoms with Crippen LogP contribution >= 0.6 is 0 Å². The van der Waals surface area contributed by atoms with Gasteiger partial charge < -0.3 is 15.0 Å². The van der Waals surface area contributed by atoms with Crippen molar-refractivity contribution in [3.8, 4) is 6.07 Å². The van der Waals surface area contributed by atoms with Gasteiger partial charge in [0, 0.05) is 29.1 Å². The highest BCUT2D eigenvalue weighted by Gasteiger charge is 2.27. The molecule has 0 aliphatic carbocycles. The Labute approximate surface area is 191 Å². The number of ether oxygens (including phenoxy) is 1. The lowest BCUT2D eigenvalue weighted by Gasteiger charge is -2.39. The Hall–Kier alpha value is -3.38. The number of benzene rings is 1. The Morgan fingerprint density at radius 2 is 2.06 bits per heavy atom. The number of aryl methyl sites for hydroxylation is 1. The van der Waals surface area contributed by atoms with E-state index in [9.17, 15) is 8.78 Å². The number of pyridine rings is 1. The molecule has 9 heteroatoms. The maximum Gasteiger partial charge on any atom is 0.157 e. The van der Waals surface area contributed by atoms with Gasteiger partial charge in [-0.05, 0) is 45.4 Å². The van der Waals surface area contributed by atoms with Gasteiger partial charge in [0.15, 0.2) is 5.82 Å². The second-order valence-corrected chi connectivity index (χ2v) is 8.41. The Bertz CT molecular complexity index is 1230. The molecule has 1 aliphatic rings. The molecule has 3 heterocycles. The zero-order chi connectivity index (χ0) is 23.7. The second kappa shape index (κ2) is 9.24. The highest BCUT2D eigenvalue weighted by molar-refractivity contribution is 5.94. The molecule has 0 bridgehead atoms. The van der Waals surface area contributed by atoms with Gasteiger partial charge in [-0.3, -0.25) is 0 Å². The summed E-state index contributed by atoms with van der Waals surface area (Å²) in [5.74, 6) is -0.187. The van der Waals surface area contributed by atoms with Gasteiger partial charge in [-0.25, -0.2) is 13.8 Å². The summed E-state index contributed by atoms with van der Waals surface area (Å²) in [6.07, 6.45) is 2.78. The van der Waals surface area contributed by atoms with E-state index in [2.05, 4.69) is 32.3 Å². The Kier molecular flexibility index (Phi) is 6.38. The average Bonchev–Trinajstić information content (AvgIpc) is 2.81. The predicted octanol–water partition coefficient (Wildman–Crippen LogP) is 4.66. The zero-order valence-electron chi connectivity index (χ0n) is 19.1. The standard InChI is InChI=1S/C24H26F2N6O/c1-5-18-12-33-13(2)11-32(18)22-8-20-21(10-28-22)15(4)30-31-24(20)29-14(3)19-7-17(25)6-16(9-27)23(19)26/h6-8,10,13-14,18H,5,11-12H2,1-4H3,(H,29,31)/t13-,14-,18-/m1/s1. The molecule has 7 nitrogen and oxygen atoms in total. The van der Waals surface area contributed by atoms with Gasteiger partial charge in [-0.2, -0.15) is 10.4 Å². The first kappa shape index (κ1) is 22.8. The first-order chi connectivity index (χ1) is 15.8.